The van der Waals surface area contributed by atoms with Crippen LogP contribution in [0.25, 0.3) is 0 Å². The first-order chi connectivity index (χ1) is 9.46. The second kappa shape index (κ2) is 16.3. The van der Waals surface area contributed by atoms with Crippen LogP contribution in [0.1, 0.15) is 82.6 Å². The summed E-state index contributed by atoms with van der Waals surface area (Å²) >= 11 is 1.56. The Balaban J connectivity index is -0.000000112. The summed E-state index contributed by atoms with van der Waals surface area (Å²) in [4.78, 5) is 0. The number of nitrogens with zero attached hydrogens (tertiary/aromatic N) is 1. The molecular formula is C17H41NNbO3. The standard InChI is InChI=1S/C8H17N.3C3H8O.Nb/c1-7(2,3)6-8(4,5)9;3*1-3(2)4;/h6H2,1-5H3;3*3-4H,1-2H3;. The van der Waals surface area contributed by atoms with Crippen LogP contribution in [0.5, 0.6) is 0 Å². The van der Waals surface area contributed by atoms with Crippen molar-refractivity contribution < 1.29 is 36.2 Å². The number of hydrogen-bond acceptors (Lipinski definition) is 4. The van der Waals surface area contributed by atoms with Crippen LogP contribution in [-0.2, 0) is 20.9 Å². The molecule has 0 saturated heterocycles. The molecule has 0 amide bonds. The van der Waals surface area contributed by atoms with E-state index in [-0.39, 0.29) is 23.9 Å². The topological polar surface area (TPSA) is 73.1 Å². The Kier molecular flexibility index (Phi) is 22.4. The van der Waals surface area contributed by atoms with E-state index in [0.717, 1.165) is 6.42 Å². The first kappa shape index (κ1) is 30.3. The van der Waals surface area contributed by atoms with E-state index in [1.54, 1.807) is 62.4 Å². The maximum atomic E-state index is 8.06. The van der Waals surface area contributed by atoms with Gasteiger partial charge in [0.15, 0.2) is 0 Å². The van der Waals surface area contributed by atoms with E-state index in [1.807, 2.05) is 0 Å². The van der Waals surface area contributed by atoms with Gasteiger partial charge in [-0.1, -0.05) is 0 Å². The molecule has 0 aliphatic heterocycles. The SMILES string of the molecule is CC(C)(C)CC(C)(C)[N]=[Nb].CC(C)O.CC(C)O.CC(C)O. The Morgan fingerprint density at radius 3 is 0.955 bits per heavy atom. The molecule has 0 heterocycles. The van der Waals surface area contributed by atoms with Crippen molar-refractivity contribution in [1.29, 1.82) is 0 Å². The molecule has 0 bridgehead atoms. The average Bonchev–Trinajstić information content (AvgIpc) is 2.10. The van der Waals surface area contributed by atoms with Gasteiger partial charge in [-0.25, -0.2) is 0 Å². The van der Waals surface area contributed by atoms with Crippen LogP contribution < -0.4 is 0 Å². The van der Waals surface area contributed by atoms with Crippen LogP contribution in [0.2, 0.25) is 0 Å². The predicted octanol–water partition coefficient (Wildman–Crippen LogP) is 4.09. The molecule has 0 aliphatic rings. The molecule has 0 unspecified atom stereocenters. The molecular weight excluding hydrogens is 359 g/mol. The zero-order valence-electron chi connectivity index (χ0n) is 16.7. The van der Waals surface area contributed by atoms with Crippen LogP contribution in [0.3, 0.4) is 0 Å². The van der Waals surface area contributed by atoms with E-state index < -0.39 is 0 Å². The van der Waals surface area contributed by atoms with Crippen molar-refractivity contribution in [3.63, 3.8) is 0 Å². The predicted molar refractivity (Wildman–Crippen MR) is 92.6 cm³/mol. The monoisotopic (exact) mass is 400 g/mol. The first-order valence-electron chi connectivity index (χ1n) is 7.87. The minimum Gasteiger partial charge on any atom is -0.394 e. The van der Waals surface area contributed by atoms with Gasteiger partial charge in [-0.3, -0.25) is 0 Å². The smallest absolute Gasteiger partial charge is 0.0483 e. The Hall–Kier alpha value is 0.420. The third kappa shape index (κ3) is 86.8. The third-order valence-electron chi connectivity index (χ3n) is 1.23. The molecule has 0 spiro atoms. The van der Waals surface area contributed by atoms with Gasteiger partial charge >= 0.3 is 76.2 Å². The third-order valence-corrected chi connectivity index (χ3v) is 2.56. The van der Waals surface area contributed by atoms with E-state index >= 15 is 0 Å². The quantitative estimate of drug-likeness (QED) is 0.611. The van der Waals surface area contributed by atoms with E-state index in [1.165, 1.54) is 0 Å². The second-order valence-corrected chi connectivity index (χ2v) is 8.42. The van der Waals surface area contributed by atoms with Gasteiger partial charge < -0.3 is 15.3 Å². The molecule has 0 aromatic rings. The minimum absolute atomic E-state index is 0.167. The van der Waals surface area contributed by atoms with Crippen molar-refractivity contribution in [3.8, 4) is 0 Å². The van der Waals surface area contributed by atoms with E-state index in [2.05, 4.69) is 38.0 Å². The van der Waals surface area contributed by atoms with E-state index in [9.17, 15) is 0 Å². The average molecular weight is 400 g/mol. The van der Waals surface area contributed by atoms with Crippen molar-refractivity contribution in [2.24, 2.45) is 8.75 Å². The Bertz CT molecular complexity index is 212. The molecule has 0 rings (SSSR count). The van der Waals surface area contributed by atoms with Crippen molar-refractivity contribution in [2.75, 3.05) is 0 Å². The molecule has 0 radical (unpaired) electrons. The summed E-state index contributed by atoms with van der Waals surface area (Å²) in [6.07, 6.45) is 0.662. The zero-order chi connectivity index (χ0) is 19.1. The van der Waals surface area contributed by atoms with Gasteiger partial charge in [0.05, 0.1) is 0 Å². The van der Waals surface area contributed by atoms with Crippen LogP contribution >= 0.6 is 0 Å². The largest absolute Gasteiger partial charge is 0.394 e. The Morgan fingerprint density at radius 2 is 0.909 bits per heavy atom. The van der Waals surface area contributed by atoms with Gasteiger partial charge in [-0.05, 0) is 41.5 Å². The fraction of sp³-hybridized carbons (Fsp3) is 1.00. The van der Waals surface area contributed by atoms with Crippen molar-refractivity contribution >= 4 is 0 Å². The minimum atomic E-state index is -0.167. The number of rotatable bonds is 2. The Morgan fingerprint density at radius 1 is 0.727 bits per heavy atom. The molecule has 0 aliphatic carbocycles. The molecule has 0 atom stereocenters. The maximum absolute atomic E-state index is 8.06. The molecule has 4 nitrogen and oxygen atoms in total. The van der Waals surface area contributed by atoms with Crippen LogP contribution in [0, 0.1) is 5.41 Å². The van der Waals surface area contributed by atoms with Crippen molar-refractivity contribution in [3.05, 3.63) is 0 Å². The number of hydrogen-bond donors (Lipinski definition) is 3. The number of aliphatic hydroxyl groups excluding tert-OH is 3. The summed E-state index contributed by atoms with van der Waals surface area (Å²) in [5.41, 5.74) is 0.573. The normalized spacial score (nSPS) is 10.9. The molecule has 22 heavy (non-hydrogen) atoms. The van der Waals surface area contributed by atoms with Crippen LogP contribution in [0.4, 0.5) is 0 Å². The fourth-order valence-corrected chi connectivity index (χ4v) is 1.51. The van der Waals surface area contributed by atoms with Gasteiger partial charge in [-0.15, -0.1) is 0 Å². The summed E-state index contributed by atoms with van der Waals surface area (Å²) < 4.78 is 4.36. The maximum Gasteiger partial charge on any atom is 0.0483 e. The molecule has 0 fully saturated rings. The zero-order valence-corrected chi connectivity index (χ0v) is 18.9. The molecule has 3 N–H and O–H groups in total. The van der Waals surface area contributed by atoms with Crippen LogP contribution in [-0.4, -0.2) is 39.2 Å². The van der Waals surface area contributed by atoms with E-state index in [0.29, 0.717) is 5.41 Å². The van der Waals surface area contributed by atoms with Gasteiger partial charge in [0.1, 0.15) is 0 Å². The van der Waals surface area contributed by atoms with Gasteiger partial charge in [0, 0.05) is 18.3 Å². The second-order valence-electron chi connectivity index (χ2n) is 7.93. The Labute approximate surface area is 151 Å². The molecule has 0 saturated carbocycles. The molecule has 5 heteroatoms. The summed E-state index contributed by atoms with van der Waals surface area (Å²) in [5, 5.41) is 24.2. The summed E-state index contributed by atoms with van der Waals surface area (Å²) in [7, 11) is 0. The molecule has 137 valence electrons. The molecule has 0 aromatic carbocycles. The van der Waals surface area contributed by atoms with Crippen molar-refractivity contribution in [2.45, 2.75) is 106 Å². The van der Waals surface area contributed by atoms with Gasteiger partial charge in [-0.2, -0.15) is 0 Å². The summed E-state index contributed by atoms with van der Waals surface area (Å²) in [6.45, 7) is 21.5. The van der Waals surface area contributed by atoms with E-state index in [4.69, 9.17) is 15.3 Å². The van der Waals surface area contributed by atoms with Crippen LogP contribution in [0.15, 0.2) is 3.34 Å². The van der Waals surface area contributed by atoms with Gasteiger partial charge in [0.25, 0.3) is 0 Å². The fourth-order valence-electron chi connectivity index (χ4n) is 1.33. The molecule has 0 aromatic heterocycles. The van der Waals surface area contributed by atoms with Crippen molar-refractivity contribution in [1.82, 2.24) is 0 Å². The summed E-state index contributed by atoms with van der Waals surface area (Å²) in [6, 6.07) is 0. The summed E-state index contributed by atoms with van der Waals surface area (Å²) in [5.74, 6) is 0. The first-order valence-corrected chi connectivity index (χ1v) is 8.85. The van der Waals surface area contributed by atoms with Gasteiger partial charge in [0.2, 0.25) is 0 Å². The number of aliphatic hydroxyl groups is 3.